The van der Waals surface area contributed by atoms with Gasteiger partial charge in [-0.15, -0.1) is 0 Å². The van der Waals surface area contributed by atoms with Crippen molar-refractivity contribution in [3.8, 4) is 0 Å². The summed E-state index contributed by atoms with van der Waals surface area (Å²) in [4.78, 5) is 14.3. The highest BCUT2D eigenvalue weighted by Crippen LogP contribution is 2.30. The highest BCUT2D eigenvalue weighted by atomic mass is 35.5. The van der Waals surface area contributed by atoms with Crippen LogP contribution in [0.3, 0.4) is 0 Å². The Morgan fingerprint density at radius 1 is 1.53 bits per heavy atom. The summed E-state index contributed by atoms with van der Waals surface area (Å²) in [6.45, 7) is 2.20. The van der Waals surface area contributed by atoms with Crippen LogP contribution in [0.1, 0.15) is 11.4 Å². The summed E-state index contributed by atoms with van der Waals surface area (Å²) < 4.78 is 1.60. The van der Waals surface area contributed by atoms with Gasteiger partial charge in [-0.2, -0.15) is 5.10 Å². The number of benzene rings is 1. The van der Waals surface area contributed by atoms with Gasteiger partial charge in [0, 0.05) is 18.8 Å². The van der Waals surface area contributed by atoms with Crippen molar-refractivity contribution in [2.24, 2.45) is 7.05 Å². The third kappa shape index (κ3) is 3.00. The Morgan fingerprint density at radius 3 is 2.84 bits per heavy atom. The molecule has 2 rings (SSSR count). The number of anilines is 1. The van der Waals surface area contributed by atoms with Gasteiger partial charge in [-0.3, -0.25) is 14.8 Å². The van der Waals surface area contributed by atoms with Gasteiger partial charge in [0.2, 0.25) is 0 Å². The molecule has 0 aliphatic rings. The molecule has 0 bridgehead atoms. The monoisotopic (exact) mass is 281 g/mol. The second-order valence-corrected chi connectivity index (χ2v) is 4.47. The van der Waals surface area contributed by atoms with Crippen molar-refractivity contribution in [2.45, 2.75) is 13.5 Å². The predicted molar refractivity (Wildman–Crippen MR) is 71.2 cm³/mol. The number of rotatable bonds is 4. The first-order valence-corrected chi connectivity index (χ1v) is 5.88. The smallest absolute Gasteiger partial charge is 0.288 e. The Labute approximate surface area is 114 Å². The number of hydrogen-bond donors (Lipinski definition) is 1. The third-order valence-corrected chi connectivity index (χ3v) is 2.88. The summed E-state index contributed by atoms with van der Waals surface area (Å²) in [6, 6.07) is 2.98. The second-order valence-electron chi connectivity index (χ2n) is 4.06. The zero-order chi connectivity index (χ0) is 14.0. The molecule has 100 valence electrons. The molecular formula is C11H12ClN5O2. The maximum Gasteiger partial charge on any atom is 0.288 e. The van der Waals surface area contributed by atoms with Gasteiger partial charge in [0.1, 0.15) is 11.3 Å². The van der Waals surface area contributed by atoms with Gasteiger partial charge in [0.15, 0.2) is 5.82 Å². The van der Waals surface area contributed by atoms with Gasteiger partial charge >= 0.3 is 0 Å². The lowest BCUT2D eigenvalue weighted by Gasteiger charge is -2.08. The first kappa shape index (κ1) is 13.3. The zero-order valence-electron chi connectivity index (χ0n) is 10.4. The van der Waals surface area contributed by atoms with Crippen molar-refractivity contribution in [2.75, 3.05) is 5.32 Å². The second kappa shape index (κ2) is 5.23. The molecule has 0 unspecified atom stereocenters. The molecule has 2 aromatic rings. The lowest BCUT2D eigenvalue weighted by molar-refractivity contribution is -0.384. The third-order valence-electron chi connectivity index (χ3n) is 2.57. The molecule has 0 aliphatic carbocycles. The summed E-state index contributed by atoms with van der Waals surface area (Å²) >= 11 is 5.87. The van der Waals surface area contributed by atoms with E-state index in [-0.39, 0.29) is 10.7 Å². The number of nitrogens with one attached hydrogen (secondary N) is 1. The molecule has 0 amide bonds. The van der Waals surface area contributed by atoms with Crippen molar-refractivity contribution in [1.82, 2.24) is 14.8 Å². The highest BCUT2D eigenvalue weighted by Gasteiger charge is 2.15. The molecule has 0 saturated heterocycles. The Balaban J connectivity index is 2.17. The first-order chi connectivity index (χ1) is 8.97. The van der Waals surface area contributed by atoms with Crippen LogP contribution in [0.25, 0.3) is 0 Å². The molecule has 0 atom stereocenters. The Morgan fingerprint density at radius 2 is 2.26 bits per heavy atom. The van der Waals surface area contributed by atoms with Crippen LogP contribution in [-0.4, -0.2) is 19.7 Å². The fourth-order valence-corrected chi connectivity index (χ4v) is 1.87. The molecule has 0 radical (unpaired) electrons. The standard InChI is InChI=1S/C11H12ClN5O2/c1-7-3-10(17(18)19)8(12)4-9(7)13-5-11-14-6-16(2)15-11/h3-4,6,13H,5H2,1-2H3. The first-order valence-electron chi connectivity index (χ1n) is 5.50. The van der Waals surface area contributed by atoms with Gasteiger partial charge in [-0.05, 0) is 18.6 Å². The minimum absolute atomic E-state index is 0.0966. The van der Waals surface area contributed by atoms with E-state index in [2.05, 4.69) is 15.4 Å². The summed E-state index contributed by atoms with van der Waals surface area (Å²) in [5.74, 6) is 0.636. The minimum Gasteiger partial charge on any atom is -0.377 e. The normalized spacial score (nSPS) is 10.5. The molecule has 19 heavy (non-hydrogen) atoms. The largest absolute Gasteiger partial charge is 0.377 e. The van der Waals surface area contributed by atoms with Gasteiger partial charge < -0.3 is 5.32 Å². The molecule has 0 saturated carbocycles. The number of aryl methyl sites for hydroxylation is 2. The number of hydrogen-bond acceptors (Lipinski definition) is 5. The summed E-state index contributed by atoms with van der Waals surface area (Å²) in [5, 5.41) is 18.1. The van der Waals surface area contributed by atoms with Crippen LogP contribution in [0.15, 0.2) is 18.5 Å². The molecule has 1 aromatic carbocycles. The molecule has 0 spiro atoms. The van der Waals surface area contributed by atoms with Crippen molar-refractivity contribution in [3.05, 3.63) is 45.0 Å². The van der Waals surface area contributed by atoms with E-state index in [0.29, 0.717) is 12.4 Å². The molecule has 7 nitrogen and oxygen atoms in total. The van der Waals surface area contributed by atoms with Crippen LogP contribution in [0.2, 0.25) is 5.02 Å². The summed E-state index contributed by atoms with van der Waals surface area (Å²) in [5.41, 5.74) is 1.37. The predicted octanol–water partition coefficient (Wildman–Crippen LogP) is 2.30. The summed E-state index contributed by atoms with van der Waals surface area (Å²) in [6.07, 6.45) is 1.60. The quantitative estimate of drug-likeness (QED) is 0.686. The highest BCUT2D eigenvalue weighted by molar-refractivity contribution is 6.33. The van der Waals surface area contributed by atoms with Crippen molar-refractivity contribution >= 4 is 23.0 Å². The Hall–Kier alpha value is -2.15. The van der Waals surface area contributed by atoms with E-state index in [1.54, 1.807) is 25.0 Å². The number of nitro benzene ring substituents is 1. The fraction of sp³-hybridized carbons (Fsp3) is 0.273. The Kier molecular flexibility index (Phi) is 3.66. The van der Waals surface area contributed by atoms with E-state index < -0.39 is 4.92 Å². The van der Waals surface area contributed by atoms with Crippen LogP contribution in [-0.2, 0) is 13.6 Å². The van der Waals surface area contributed by atoms with E-state index in [0.717, 1.165) is 11.3 Å². The van der Waals surface area contributed by atoms with Gasteiger partial charge in [0.25, 0.3) is 5.69 Å². The van der Waals surface area contributed by atoms with Crippen LogP contribution >= 0.6 is 11.6 Å². The maximum absolute atomic E-state index is 10.7. The SMILES string of the molecule is Cc1cc([N+](=O)[O-])c(Cl)cc1NCc1ncn(C)n1. The van der Waals surface area contributed by atoms with Crippen LogP contribution in [0.5, 0.6) is 0 Å². The van der Waals surface area contributed by atoms with Gasteiger partial charge in [-0.25, -0.2) is 4.98 Å². The van der Waals surface area contributed by atoms with Crippen LogP contribution in [0.4, 0.5) is 11.4 Å². The van der Waals surface area contributed by atoms with E-state index in [1.807, 2.05) is 0 Å². The lowest BCUT2D eigenvalue weighted by Crippen LogP contribution is -2.04. The minimum atomic E-state index is -0.501. The average molecular weight is 282 g/mol. The van der Waals surface area contributed by atoms with Crippen LogP contribution < -0.4 is 5.32 Å². The zero-order valence-corrected chi connectivity index (χ0v) is 11.2. The van der Waals surface area contributed by atoms with Crippen LogP contribution in [0, 0.1) is 17.0 Å². The topological polar surface area (TPSA) is 85.9 Å². The molecule has 1 heterocycles. The number of nitro groups is 1. The molecule has 0 aliphatic heterocycles. The number of nitrogens with zero attached hydrogens (tertiary/aromatic N) is 4. The van der Waals surface area contributed by atoms with E-state index in [4.69, 9.17) is 11.6 Å². The van der Waals surface area contributed by atoms with E-state index >= 15 is 0 Å². The molecule has 1 aromatic heterocycles. The summed E-state index contributed by atoms with van der Waals surface area (Å²) in [7, 11) is 1.78. The van der Waals surface area contributed by atoms with E-state index in [9.17, 15) is 10.1 Å². The number of halogens is 1. The van der Waals surface area contributed by atoms with Gasteiger partial charge in [0.05, 0.1) is 11.5 Å². The molecule has 0 fully saturated rings. The van der Waals surface area contributed by atoms with Crippen molar-refractivity contribution in [3.63, 3.8) is 0 Å². The van der Waals surface area contributed by atoms with Crippen molar-refractivity contribution < 1.29 is 4.92 Å². The average Bonchev–Trinajstić information content (AvgIpc) is 2.75. The maximum atomic E-state index is 10.7. The molecule has 1 N–H and O–H groups in total. The lowest BCUT2D eigenvalue weighted by atomic mass is 10.2. The van der Waals surface area contributed by atoms with Crippen molar-refractivity contribution in [1.29, 1.82) is 0 Å². The fourth-order valence-electron chi connectivity index (χ4n) is 1.64. The van der Waals surface area contributed by atoms with E-state index in [1.165, 1.54) is 12.1 Å². The molecular weight excluding hydrogens is 270 g/mol. The molecule has 8 heteroatoms. The number of aromatic nitrogens is 3. The Bertz CT molecular complexity index is 626. The van der Waals surface area contributed by atoms with Gasteiger partial charge in [-0.1, -0.05) is 11.6 Å².